The lowest BCUT2D eigenvalue weighted by Gasteiger charge is -2.32. The zero-order valence-corrected chi connectivity index (χ0v) is 12.9. The lowest BCUT2D eigenvalue weighted by molar-refractivity contribution is 0.0698. The van der Waals surface area contributed by atoms with E-state index < -0.39 is 0 Å². The van der Waals surface area contributed by atoms with Gasteiger partial charge < -0.3 is 19.7 Å². The van der Waals surface area contributed by atoms with E-state index in [1.54, 1.807) is 0 Å². The molecule has 0 saturated carbocycles. The van der Waals surface area contributed by atoms with E-state index in [2.05, 4.69) is 5.32 Å². The van der Waals surface area contributed by atoms with Crippen LogP contribution in [-0.2, 0) is 0 Å². The molecule has 116 valence electrons. The Morgan fingerprint density at radius 2 is 2.14 bits per heavy atom. The molecule has 3 rings (SSSR count). The average molecular weight is 313 g/mol. The van der Waals surface area contributed by atoms with Crippen molar-refractivity contribution in [2.45, 2.75) is 18.9 Å². The van der Waals surface area contributed by atoms with Gasteiger partial charge in [-0.05, 0) is 31.5 Å². The summed E-state index contributed by atoms with van der Waals surface area (Å²) >= 11 is 0. The molecular weight excluding hydrogens is 292 g/mol. The van der Waals surface area contributed by atoms with E-state index in [9.17, 15) is 4.79 Å². The van der Waals surface area contributed by atoms with Crippen molar-refractivity contribution >= 4 is 18.3 Å². The number of hydrogen-bond donors (Lipinski definition) is 1. The number of nitrogens with zero attached hydrogens (tertiary/aromatic N) is 1. The highest BCUT2D eigenvalue weighted by molar-refractivity contribution is 5.98. The lowest BCUT2D eigenvalue weighted by Crippen LogP contribution is -2.46. The smallest absolute Gasteiger partial charge is 0.257 e. The third kappa shape index (κ3) is 3.24. The van der Waals surface area contributed by atoms with E-state index in [1.165, 1.54) is 0 Å². The van der Waals surface area contributed by atoms with E-state index in [0.717, 1.165) is 25.9 Å². The summed E-state index contributed by atoms with van der Waals surface area (Å²) in [5.74, 6) is 1.25. The van der Waals surface area contributed by atoms with Gasteiger partial charge in [-0.15, -0.1) is 12.4 Å². The Kier molecular flexibility index (Phi) is 5.31. The summed E-state index contributed by atoms with van der Waals surface area (Å²) in [6.07, 6.45) is 2.15. The number of carbonyl (C=O) groups is 1. The number of fused-ring (bicyclic) bond motifs is 1. The van der Waals surface area contributed by atoms with Gasteiger partial charge in [-0.1, -0.05) is 6.07 Å². The Morgan fingerprint density at radius 3 is 2.90 bits per heavy atom. The number of carbonyl (C=O) groups excluding carboxylic acids is 1. The number of nitrogens with one attached hydrogen (secondary N) is 1. The molecule has 0 radical (unpaired) electrons. The second-order valence-corrected chi connectivity index (χ2v) is 5.25. The van der Waals surface area contributed by atoms with Crippen molar-refractivity contribution in [1.29, 1.82) is 0 Å². The molecule has 6 heteroatoms. The van der Waals surface area contributed by atoms with Crippen molar-refractivity contribution in [2.24, 2.45) is 0 Å². The zero-order chi connectivity index (χ0) is 13.9. The number of piperidine rings is 1. The molecule has 1 aromatic rings. The summed E-state index contributed by atoms with van der Waals surface area (Å²) in [5, 5.41) is 3.33. The molecule has 1 fully saturated rings. The molecule has 1 N–H and O–H groups in total. The number of benzene rings is 1. The maximum Gasteiger partial charge on any atom is 0.257 e. The van der Waals surface area contributed by atoms with Crippen LogP contribution in [0.25, 0.3) is 0 Å². The van der Waals surface area contributed by atoms with Crippen LogP contribution in [0.15, 0.2) is 18.2 Å². The molecule has 1 saturated heterocycles. The molecule has 1 atom stereocenters. The minimum Gasteiger partial charge on any atom is -0.486 e. The van der Waals surface area contributed by atoms with Gasteiger partial charge in [0.05, 0.1) is 5.56 Å². The average Bonchev–Trinajstić information content (AvgIpc) is 2.54. The third-order valence-corrected chi connectivity index (χ3v) is 3.94. The molecule has 2 aliphatic rings. The van der Waals surface area contributed by atoms with Gasteiger partial charge in [-0.3, -0.25) is 4.79 Å². The number of amides is 1. The number of para-hydroxylation sites is 1. The van der Waals surface area contributed by atoms with Crippen LogP contribution in [0.2, 0.25) is 0 Å². The molecule has 0 aromatic heterocycles. The topological polar surface area (TPSA) is 50.8 Å². The number of hydrogen-bond acceptors (Lipinski definition) is 4. The largest absolute Gasteiger partial charge is 0.486 e. The molecule has 2 aliphatic heterocycles. The predicted molar refractivity (Wildman–Crippen MR) is 82.7 cm³/mol. The highest BCUT2D eigenvalue weighted by Crippen LogP contribution is 2.34. The quantitative estimate of drug-likeness (QED) is 0.903. The summed E-state index contributed by atoms with van der Waals surface area (Å²) in [6, 6.07) is 5.74. The number of likely N-dealkylation sites (N-methyl/N-ethyl adjacent to an activating group) is 1. The molecule has 21 heavy (non-hydrogen) atoms. The molecule has 1 amide bonds. The second kappa shape index (κ2) is 7.00. The van der Waals surface area contributed by atoms with Crippen LogP contribution >= 0.6 is 12.4 Å². The molecule has 2 heterocycles. The number of ether oxygens (including phenoxy) is 2. The molecule has 1 aromatic carbocycles. The first-order valence-electron chi connectivity index (χ1n) is 7.14. The second-order valence-electron chi connectivity index (χ2n) is 5.25. The molecular formula is C15H21ClN2O3. The maximum absolute atomic E-state index is 12.7. The van der Waals surface area contributed by atoms with Gasteiger partial charge in [0.2, 0.25) is 0 Å². The van der Waals surface area contributed by atoms with Crippen LogP contribution in [0.5, 0.6) is 11.5 Å². The van der Waals surface area contributed by atoms with E-state index in [1.807, 2.05) is 30.1 Å². The monoisotopic (exact) mass is 312 g/mol. The highest BCUT2D eigenvalue weighted by Gasteiger charge is 2.27. The van der Waals surface area contributed by atoms with Gasteiger partial charge in [-0.2, -0.15) is 0 Å². The summed E-state index contributed by atoms with van der Waals surface area (Å²) < 4.78 is 11.2. The Hall–Kier alpha value is -1.46. The standard InChI is InChI=1S/C15H20N2O3.ClH/c1-17(11-4-3-7-16-10-11)15(18)12-5-2-6-13-14(12)20-9-8-19-13;/h2,5-6,11,16H,3-4,7-10H2,1H3;1H. The van der Waals surface area contributed by atoms with Crippen molar-refractivity contribution in [3.05, 3.63) is 23.8 Å². The van der Waals surface area contributed by atoms with Gasteiger partial charge in [0, 0.05) is 19.6 Å². The molecule has 5 nitrogen and oxygen atoms in total. The minimum absolute atomic E-state index is 0. The highest BCUT2D eigenvalue weighted by atomic mass is 35.5. The number of halogens is 1. The Balaban J connectivity index is 0.00000161. The Labute approximate surface area is 131 Å². The van der Waals surface area contributed by atoms with Crippen LogP contribution in [0.1, 0.15) is 23.2 Å². The fraction of sp³-hybridized carbons (Fsp3) is 0.533. The van der Waals surface area contributed by atoms with Crippen LogP contribution in [-0.4, -0.2) is 50.2 Å². The van der Waals surface area contributed by atoms with Gasteiger partial charge in [0.25, 0.3) is 5.91 Å². The fourth-order valence-electron chi connectivity index (χ4n) is 2.76. The van der Waals surface area contributed by atoms with E-state index in [-0.39, 0.29) is 24.4 Å². The van der Waals surface area contributed by atoms with Crippen molar-refractivity contribution in [1.82, 2.24) is 10.2 Å². The first-order chi connectivity index (χ1) is 9.77. The van der Waals surface area contributed by atoms with Crippen LogP contribution in [0.4, 0.5) is 0 Å². The minimum atomic E-state index is 0. The van der Waals surface area contributed by atoms with Gasteiger partial charge in [0.1, 0.15) is 13.2 Å². The first-order valence-corrected chi connectivity index (χ1v) is 7.14. The van der Waals surface area contributed by atoms with Crippen molar-refractivity contribution in [2.75, 3.05) is 33.4 Å². The Morgan fingerprint density at radius 1 is 1.33 bits per heavy atom. The van der Waals surface area contributed by atoms with Gasteiger partial charge in [0.15, 0.2) is 11.5 Å². The fourth-order valence-corrected chi connectivity index (χ4v) is 2.76. The molecule has 1 unspecified atom stereocenters. The van der Waals surface area contributed by atoms with Crippen molar-refractivity contribution < 1.29 is 14.3 Å². The normalized spacial score (nSPS) is 20.3. The molecule has 0 bridgehead atoms. The summed E-state index contributed by atoms with van der Waals surface area (Å²) in [6.45, 7) is 2.92. The number of rotatable bonds is 2. The van der Waals surface area contributed by atoms with Crippen molar-refractivity contribution in [3.8, 4) is 11.5 Å². The van der Waals surface area contributed by atoms with E-state index in [0.29, 0.717) is 30.3 Å². The SMILES string of the molecule is CN(C(=O)c1cccc2c1OCCO2)C1CCCNC1.Cl. The molecule has 0 aliphatic carbocycles. The van der Waals surface area contributed by atoms with E-state index >= 15 is 0 Å². The maximum atomic E-state index is 12.7. The van der Waals surface area contributed by atoms with Gasteiger partial charge in [-0.25, -0.2) is 0 Å². The predicted octanol–water partition coefficient (Wildman–Crippen LogP) is 1.70. The van der Waals surface area contributed by atoms with Crippen LogP contribution in [0.3, 0.4) is 0 Å². The van der Waals surface area contributed by atoms with Crippen LogP contribution in [0, 0.1) is 0 Å². The zero-order valence-electron chi connectivity index (χ0n) is 12.1. The van der Waals surface area contributed by atoms with Crippen LogP contribution < -0.4 is 14.8 Å². The summed E-state index contributed by atoms with van der Waals surface area (Å²) in [5.41, 5.74) is 0.593. The van der Waals surface area contributed by atoms with Crippen molar-refractivity contribution in [3.63, 3.8) is 0 Å². The summed E-state index contributed by atoms with van der Waals surface area (Å²) in [7, 11) is 1.86. The van der Waals surface area contributed by atoms with E-state index in [4.69, 9.17) is 9.47 Å². The lowest BCUT2D eigenvalue weighted by atomic mass is 10.0. The summed E-state index contributed by atoms with van der Waals surface area (Å²) in [4.78, 5) is 14.5. The third-order valence-electron chi connectivity index (χ3n) is 3.94. The first kappa shape index (κ1) is 15.9. The Bertz CT molecular complexity index is 504. The van der Waals surface area contributed by atoms with Gasteiger partial charge >= 0.3 is 0 Å². The molecule has 0 spiro atoms.